The summed E-state index contributed by atoms with van der Waals surface area (Å²) in [6, 6.07) is 8.21. The Morgan fingerprint density at radius 1 is 1.38 bits per heavy atom. The molecule has 1 aromatic rings. The number of ether oxygens (including phenoxy) is 1. The van der Waals surface area contributed by atoms with Gasteiger partial charge in [-0.3, -0.25) is 0 Å². The van der Waals surface area contributed by atoms with Crippen LogP contribution in [0, 0.1) is 0 Å². The Balaban J connectivity index is 2.65. The van der Waals surface area contributed by atoms with Crippen molar-refractivity contribution in [3.8, 4) is 5.75 Å². The maximum absolute atomic E-state index is 6.11. The van der Waals surface area contributed by atoms with E-state index in [2.05, 4.69) is 12.3 Å². The minimum Gasteiger partial charge on any atom is -0.491 e. The second kappa shape index (κ2) is 6.81. The topological polar surface area (TPSA) is 35.2 Å². The minimum atomic E-state index is 0.114. The number of hydrogen-bond donors (Lipinski definition) is 1. The summed E-state index contributed by atoms with van der Waals surface area (Å²) in [5.74, 6) is 2.00. The summed E-state index contributed by atoms with van der Waals surface area (Å²) in [5, 5.41) is 0. The molecule has 0 aliphatic carbocycles. The second-order valence-corrected chi connectivity index (χ2v) is 5.11. The molecule has 0 aliphatic heterocycles. The van der Waals surface area contributed by atoms with Crippen LogP contribution < -0.4 is 10.5 Å². The van der Waals surface area contributed by atoms with E-state index in [1.807, 2.05) is 43.8 Å². The zero-order valence-corrected chi connectivity index (χ0v) is 11.1. The molecule has 0 saturated heterocycles. The van der Waals surface area contributed by atoms with Crippen LogP contribution in [0.2, 0.25) is 0 Å². The van der Waals surface area contributed by atoms with E-state index in [4.69, 9.17) is 10.5 Å². The molecular weight excluding hydrogens is 218 g/mol. The highest BCUT2D eigenvalue weighted by Gasteiger charge is 2.07. The average Bonchev–Trinajstić information content (AvgIpc) is 2.25. The van der Waals surface area contributed by atoms with Crippen molar-refractivity contribution in [3.63, 3.8) is 0 Å². The van der Waals surface area contributed by atoms with Gasteiger partial charge < -0.3 is 10.5 Å². The van der Waals surface area contributed by atoms with Crippen molar-refractivity contribution in [3.05, 3.63) is 29.8 Å². The Kier molecular flexibility index (Phi) is 5.71. The largest absolute Gasteiger partial charge is 0.491 e. The average molecular weight is 239 g/mol. The van der Waals surface area contributed by atoms with Crippen molar-refractivity contribution in [2.45, 2.75) is 32.4 Å². The lowest BCUT2D eigenvalue weighted by molar-refractivity contribution is 0.242. The zero-order chi connectivity index (χ0) is 12.0. The van der Waals surface area contributed by atoms with Gasteiger partial charge in [-0.15, -0.1) is 0 Å². The smallest absolute Gasteiger partial charge is 0.120 e. The van der Waals surface area contributed by atoms with Crippen molar-refractivity contribution in [2.75, 3.05) is 12.0 Å². The minimum absolute atomic E-state index is 0.114. The standard InChI is InChI=1S/C13H21NOS/c1-10(2)15-12-6-4-5-11(9-12)13(14)7-8-16-3/h4-6,9-10,13H,7-8,14H2,1-3H3. The van der Waals surface area contributed by atoms with Crippen LogP contribution in [0.15, 0.2) is 24.3 Å². The molecule has 0 aromatic heterocycles. The van der Waals surface area contributed by atoms with Gasteiger partial charge in [0, 0.05) is 6.04 Å². The van der Waals surface area contributed by atoms with E-state index in [-0.39, 0.29) is 12.1 Å². The molecule has 0 amide bonds. The monoisotopic (exact) mass is 239 g/mol. The highest BCUT2D eigenvalue weighted by Crippen LogP contribution is 2.21. The van der Waals surface area contributed by atoms with Gasteiger partial charge in [-0.25, -0.2) is 0 Å². The first-order valence-corrected chi connectivity index (χ1v) is 7.04. The molecule has 0 saturated carbocycles. The fourth-order valence-corrected chi connectivity index (χ4v) is 1.99. The summed E-state index contributed by atoms with van der Waals surface area (Å²) in [5.41, 5.74) is 7.27. The summed E-state index contributed by atoms with van der Waals surface area (Å²) >= 11 is 1.83. The number of nitrogens with two attached hydrogens (primary N) is 1. The summed E-state index contributed by atoms with van der Waals surface area (Å²) in [6.07, 6.45) is 3.31. The first-order valence-electron chi connectivity index (χ1n) is 5.64. The molecule has 1 atom stereocenters. The third-order valence-corrected chi connectivity index (χ3v) is 2.93. The molecule has 3 heteroatoms. The van der Waals surface area contributed by atoms with Crippen molar-refractivity contribution in [2.24, 2.45) is 5.73 Å². The predicted molar refractivity (Wildman–Crippen MR) is 72.1 cm³/mol. The van der Waals surface area contributed by atoms with E-state index < -0.39 is 0 Å². The van der Waals surface area contributed by atoms with Gasteiger partial charge >= 0.3 is 0 Å². The maximum atomic E-state index is 6.11. The van der Waals surface area contributed by atoms with Crippen molar-refractivity contribution < 1.29 is 4.74 Å². The van der Waals surface area contributed by atoms with Crippen LogP contribution in [-0.2, 0) is 0 Å². The number of hydrogen-bond acceptors (Lipinski definition) is 3. The Morgan fingerprint density at radius 2 is 2.12 bits per heavy atom. The first kappa shape index (κ1) is 13.4. The van der Waals surface area contributed by atoms with Crippen LogP contribution in [0.4, 0.5) is 0 Å². The summed E-state index contributed by atoms with van der Waals surface area (Å²) in [6.45, 7) is 4.06. The fraction of sp³-hybridized carbons (Fsp3) is 0.538. The molecule has 1 unspecified atom stereocenters. The molecule has 2 N–H and O–H groups in total. The third-order valence-electron chi connectivity index (χ3n) is 2.29. The molecule has 1 aromatic carbocycles. The van der Waals surface area contributed by atoms with Crippen LogP contribution in [0.5, 0.6) is 5.75 Å². The Labute approximate surface area is 103 Å². The third kappa shape index (κ3) is 4.45. The van der Waals surface area contributed by atoms with E-state index >= 15 is 0 Å². The molecule has 2 nitrogen and oxygen atoms in total. The van der Waals surface area contributed by atoms with Crippen LogP contribution in [0.1, 0.15) is 31.9 Å². The molecule has 90 valence electrons. The van der Waals surface area contributed by atoms with Crippen LogP contribution in [0.3, 0.4) is 0 Å². The summed E-state index contributed by atoms with van der Waals surface area (Å²) in [7, 11) is 0. The van der Waals surface area contributed by atoms with E-state index in [1.165, 1.54) is 0 Å². The van der Waals surface area contributed by atoms with Gasteiger partial charge in [0.2, 0.25) is 0 Å². The summed E-state index contributed by atoms with van der Waals surface area (Å²) in [4.78, 5) is 0. The normalized spacial score (nSPS) is 12.8. The second-order valence-electron chi connectivity index (χ2n) is 4.13. The lowest BCUT2D eigenvalue weighted by Gasteiger charge is -2.14. The van der Waals surface area contributed by atoms with Gasteiger partial charge in [-0.2, -0.15) is 11.8 Å². The summed E-state index contributed by atoms with van der Waals surface area (Å²) < 4.78 is 5.65. The number of benzene rings is 1. The Morgan fingerprint density at radius 3 is 2.75 bits per heavy atom. The molecule has 0 aliphatic rings. The molecule has 0 radical (unpaired) electrons. The van der Waals surface area contributed by atoms with E-state index in [0.29, 0.717) is 0 Å². The lowest BCUT2D eigenvalue weighted by atomic mass is 10.1. The van der Waals surface area contributed by atoms with Crippen LogP contribution in [-0.4, -0.2) is 18.1 Å². The van der Waals surface area contributed by atoms with Crippen molar-refractivity contribution in [1.29, 1.82) is 0 Å². The maximum Gasteiger partial charge on any atom is 0.120 e. The highest BCUT2D eigenvalue weighted by atomic mass is 32.2. The fourth-order valence-electron chi connectivity index (χ4n) is 1.50. The lowest BCUT2D eigenvalue weighted by Crippen LogP contribution is -2.12. The molecular formula is C13H21NOS. The van der Waals surface area contributed by atoms with Gasteiger partial charge in [-0.05, 0) is 50.0 Å². The molecule has 0 heterocycles. The molecule has 16 heavy (non-hydrogen) atoms. The van der Waals surface area contributed by atoms with Crippen molar-refractivity contribution in [1.82, 2.24) is 0 Å². The van der Waals surface area contributed by atoms with E-state index in [0.717, 1.165) is 23.5 Å². The molecule has 0 spiro atoms. The van der Waals surface area contributed by atoms with Crippen molar-refractivity contribution >= 4 is 11.8 Å². The molecule has 1 rings (SSSR count). The van der Waals surface area contributed by atoms with Gasteiger partial charge in [0.15, 0.2) is 0 Å². The molecule has 0 fully saturated rings. The molecule has 0 bridgehead atoms. The van der Waals surface area contributed by atoms with Gasteiger partial charge in [0.05, 0.1) is 6.10 Å². The quantitative estimate of drug-likeness (QED) is 0.828. The van der Waals surface area contributed by atoms with Crippen LogP contribution >= 0.6 is 11.8 Å². The van der Waals surface area contributed by atoms with Gasteiger partial charge in [0.1, 0.15) is 5.75 Å². The van der Waals surface area contributed by atoms with Gasteiger partial charge in [-0.1, -0.05) is 12.1 Å². The van der Waals surface area contributed by atoms with Gasteiger partial charge in [0.25, 0.3) is 0 Å². The Hall–Kier alpha value is -0.670. The SMILES string of the molecule is CSCCC(N)c1cccc(OC(C)C)c1. The predicted octanol–water partition coefficient (Wildman–Crippen LogP) is 3.23. The number of rotatable bonds is 6. The number of thioether (sulfide) groups is 1. The van der Waals surface area contributed by atoms with Crippen LogP contribution in [0.25, 0.3) is 0 Å². The zero-order valence-electron chi connectivity index (χ0n) is 10.3. The highest BCUT2D eigenvalue weighted by molar-refractivity contribution is 7.98. The Bertz CT molecular complexity index is 315. The first-order chi connectivity index (χ1) is 7.63. The van der Waals surface area contributed by atoms with E-state index in [9.17, 15) is 0 Å². The van der Waals surface area contributed by atoms with E-state index in [1.54, 1.807) is 0 Å².